The SMILES string of the molecule is COc1ccc2c3c1O[C@H]1C(OC(=O)C[C@H](OC(C)=O)C(=O)O[C@@H](C)C(=O)O[C@@H](C)C(C)=O)=CC[C@@]4(O)[C@@H](C2)N(C)CC[C@]314. The number of likely N-dealkylation sites (tertiary alicyclic amines) is 1. The lowest BCUT2D eigenvalue weighted by Crippen LogP contribution is -2.74. The fourth-order valence-corrected chi connectivity index (χ4v) is 6.94. The van der Waals surface area contributed by atoms with Crippen LogP contribution in [0.2, 0.25) is 0 Å². The van der Waals surface area contributed by atoms with Gasteiger partial charge in [0.1, 0.15) is 5.76 Å². The average molecular weight is 616 g/mol. The zero-order chi connectivity index (χ0) is 32.1. The molecule has 13 heteroatoms. The number of carbonyl (C=O) groups excluding carboxylic acids is 5. The molecular formula is C31H37NO12. The molecule has 13 nitrogen and oxygen atoms in total. The van der Waals surface area contributed by atoms with Crippen molar-refractivity contribution >= 4 is 29.7 Å². The molecule has 1 fully saturated rings. The van der Waals surface area contributed by atoms with Gasteiger partial charge in [0.2, 0.25) is 6.10 Å². The van der Waals surface area contributed by atoms with Crippen molar-refractivity contribution in [3.63, 3.8) is 0 Å². The molecule has 1 spiro atoms. The lowest BCUT2D eigenvalue weighted by Gasteiger charge is -2.61. The number of hydrogen-bond donors (Lipinski definition) is 1. The van der Waals surface area contributed by atoms with Crippen LogP contribution in [0.1, 0.15) is 58.1 Å². The maximum Gasteiger partial charge on any atom is 0.348 e. The summed E-state index contributed by atoms with van der Waals surface area (Å²) in [5, 5.41) is 12.3. The second-order valence-electron chi connectivity index (χ2n) is 11.8. The minimum Gasteiger partial charge on any atom is -0.493 e. The Labute approximate surface area is 254 Å². The van der Waals surface area contributed by atoms with Crippen molar-refractivity contribution in [2.45, 2.75) is 94.9 Å². The molecule has 44 heavy (non-hydrogen) atoms. The highest BCUT2D eigenvalue weighted by Gasteiger charge is 2.72. The standard InChI is InChI=1S/C31H37NO12/c1-15(33)16(2)40-28(36)17(3)41-29(37)22(42-18(4)34)14-24(35)43-21-9-10-31(38)23-13-19-7-8-20(39-6)26-25(19)30(31,27(21)44-26)11-12-32(23)5/h7-9,16-17,22-23,27,38H,10-14H2,1-6H3/t16-,17-,22-,23+,27-,30-,31+/m0/s1. The Morgan fingerprint density at radius 3 is 2.43 bits per heavy atom. The van der Waals surface area contributed by atoms with Crippen molar-refractivity contribution in [2.24, 2.45) is 0 Å². The molecule has 1 aromatic carbocycles. The van der Waals surface area contributed by atoms with Gasteiger partial charge in [-0.15, -0.1) is 0 Å². The second-order valence-corrected chi connectivity index (χ2v) is 11.8. The van der Waals surface area contributed by atoms with Crippen molar-refractivity contribution in [2.75, 3.05) is 20.7 Å². The summed E-state index contributed by atoms with van der Waals surface area (Å²) in [6, 6.07) is 3.61. The van der Waals surface area contributed by atoms with Gasteiger partial charge in [0.05, 0.1) is 24.5 Å². The van der Waals surface area contributed by atoms with E-state index in [0.717, 1.165) is 18.1 Å². The smallest absolute Gasteiger partial charge is 0.348 e. The van der Waals surface area contributed by atoms with Crippen molar-refractivity contribution in [1.82, 2.24) is 4.90 Å². The van der Waals surface area contributed by atoms with Crippen molar-refractivity contribution < 1.29 is 57.5 Å². The first kappa shape index (κ1) is 31.5. The zero-order valence-corrected chi connectivity index (χ0v) is 25.5. The van der Waals surface area contributed by atoms with E-state index in [9.17, 15) is 29.1 Å². The third-order valence-electron chi connectivity index (χ3n) is 9.20. The first-order valence-corrected chi connectivity index (χ1v) is 14.5. The number of esters is 4. The van der Waals surface area contributed by atoms with Gasteiger partial charge >= 0.3 is 23.9 Å². The number of rotatable bonds is 10. The molecule has 7 atom stereocenters. The molecule has 0 unspecified atom stereocenters. The summed E-state index contributed by atoms with van der Waals surface area (Å²) < 4.78 is 32.9. The van der Waals surface area contributed by atoms with Crippen LogP contribution in [0.3, 0.4) is 0 Å². The van der Waals surface area contributed by atoms with Crippen LogP contribution < -0.4 is 9.47 Å². The van der Waals surface area contributed by atoms with Crippen LogP contribution >= 0.6 is 0 Å². The Morgan fingerprint density at radius 2 is 1.77 bits per heavy atom. The Morgan fingerprint density at radius 1 is 1.07 bits per heavy atom. The van der Waals surface area contributed by atoms with Crippen LogP contribution in [0.15, 0.2) is 24.0 Å². The number of Topliss-reactive ketones (excluding diaryl/α,β-unsaturated/α-hetero) is 1. The fraction of sp³-hybridized carbons (Fsp3) is 0.581. The first-order chi connectivity index (χ1) is 20.7. The van der Waals surface area contributed by atoms with Crippen molar-refractivity contribution in [3.8, 4) is 11.5 Å². The third-order valence-corrected chi connectivity index (χ3v) is 9.20. The predicted molar refractivity (Wildman–Crippen MR) is 150 cm³/mol. The maximum atomic E-state index is 13.3. The average Bonchev–Trinajstić information content (AvgIpc) is 3.31. The highest BCUT2D eigenvalue weighted by atomic mass is 16.6. The molecule has 2 aliphatic carbocycles. The number of nitrogens with zero attached hydrogens (tertiary/aromatic N) is 1. The Hall–Kier alpha value is -3.97. The Kier molecular flexibility index (Phi) is 8.23. The van der Waals surface area contributed by atoms with E-state index in [4.69, 9.17) is 28.4 Å². The normalized spacial score (nSPS) is 28.2. The van der Waals surface area contributed by atoms with E-state index in [2.05, 4.69) is 4.90 Å². The van der Waals surface area contributed by atoms with E-state index in [1.807, 2.05) is 19.2 Å². The van der Waals surface area contributed by atoms with Gasteiger partial charge in [-0.05, 0) is 64.9 Å². The van der Waals surface area contributed by atoms with Gasteiger partial charge in [-0.2, -0.15) is 0 Å². The van der Waals surface area contributed by atoms with Gasteiger partial charge in [-0.25, -0.2) is 9.59 Å². The molecule has 4 aliphatic rings. The molecule has 1 aromatic rings. The zero-order valence-electron chi connectivity index (χ0n) is 25.5. The summed E-state index contributed by atoms with van der Waals surface area (Å²) in [5.74, 6) is -3.18. The summed E-state index contributed by atoms with van der Waals surface area (Å²) >= 11 is 0. The van der Waals surface area contributed by atoms with Gasteiger partial charge in [-0.1, -0.05) is 6.07 Å². The number of hydrogen-bond acceptors (Lipinski definition) is 13. The van der Waals surface area contributed by atoms with Crippen molar-refractivity contribution in [3.05, 3.63) is 35.1 Å². The summed E-state index contributed by atoms with van der Waals surface area (Å²) in [7, 11) is 3.51. The molecule has 2 heterocycles. The van der Waals surface area contributed by atoms with Crippen LogP contribution in [0.25, 0.3) is 0 Å². The summed E-state index contributed by atoms with van der Waals surface area (Å²) in [6.07, 6.45) is -2.84. The first-order valence-electron chi connectivity index (χ1n) is 14.5. The summed E-state index contributed by atoms with van der Waals surface area (Å²) in [4.78, 5) is 63.7. The second kappa shape index (κ2) is 11.5. The van der Waals surface area contributed by atoms with E-state index >= 15 is 0 Å². The number of aliphatic hydroxyl groups is 1. The van der Waals surface area contributed by atoms with E-state index in [1.165, 1.54) is 27.9 Å². The van der Waals surface area contributed by atoms with E-state index in [-0.39, 0.29) is 18.2 Å². The molecule has 1 N–H and O–H groups in total. The minimum absolute atomic E-state index is 0.166. The molecule has 238 valence electrons. The third kappa shape index (κ3) is 5.01. The highest BCUT2D eigenvalue weighted by Crippen LogP contribution is 2.65. The molecule has 5 rings (SSSR count). The molecular weight excluding hydrogens is 578 g/mol. The van der Waals surface area contributed by atoms with E-state index in [0.29, 0.717) is 30.9 Å². The summed E-state index contributed by atoms with van der Waals surface area (Å²) in [5.41, 5.74) is -0.232. The van der Waals surface area contributed by atoms with Gasteiger partial charge in [0.25, 0.3) is 0 Å². The Balaban J connectivity index is 1.36. The van der Waals surface area contributed by atoms with Crippen LogP contribution in [-0.2, 0) is 54.8 Å². The van der Waals surface area contributed by atoms with Gasteiger partial charge in [-0.3, -0.25) is 14.4 Å². The number of carbonyl (C=O) groups is 5. The number of piperidine rings is 1. The lowest BCUT2D eigenvalue weighted by atomic mass is 9.50. The largest absolute Gasteiger partial charge is 0.493 e. The van der Waals surface area contributed by atoms with E-state index < -0.39 is 71.5 Å². The number of benzene rings is 1. The molecule has 0 saturated carbocycles. The van der Waals surface area contributed by atoms with Crippen LogP contribution in [0, 0.1) is 0 Å². The monoisotopic (exact) mass is 615 g/mol. The fourth-order valence-electron chi connectivity index (χ4n) is 6.94. The van der Waals surface area contributed by atoms with Crippen LogP contribution in [0.4, 0.5) is 0 Å². The van der Waals surface area contributed by atoms with Gasteiger partial charge in [0, 0.05) is 24.9 Å². The Bertz CT molecular complexity index is 1440. The van der Waals surface area contributed by atoms with Crippen molar-refractivity contribution in [1.29, 1.82) is 0 Å². The topological polar surface area (TPSA) is 164 Å². The molecule has 0 radical (unpaired) electrons. The molecule has 2 aliphatic heterocycles. The van der Waals surface area contributed by atoms with Gasteiger partial charge < -0.3 is 38.4 Å². The molecule has 1 saturated heterocycles. The molecule has 0 amide bonds. The quantitative estimate of drug-likeness (QED) is 0.296. The number of ketones is 1. The minimum atomic E-state index is -1.73. The number of likely N-dealkylation sites (N-methyl/N-ethyl adjacent to an activating group) is 1. The van der Waals surface area contributed by atoms with Crippen LogP contribution in [-0.4, -0.2) is 96.4 Å². The van der Waals surface area contributed by atoms with Crippen LogP contribution in [0.5, 0.6) is 11.5 Å². The number of ether oxygens (including phenoxy) is 6. The number of methoxy groups -OCH3 is 1. The maximum absolute atomic E-state index is 13.3. The summed E-state index contributed by atoms with van der Waals surface area (Å²) in [6.45, 7) is 5.56. The molecule has 2 bridgehead atoms. The van der Waals surface area contributed by atoms with Gasteiger partial charge in [0.15, 0.2) is 35.6 Å². The predicted octanol–water partition coefficient (Wildman–Crippen LogP) is 1.29. The highest BCUT2D eigenvalue weighted by molar-refractivity contribution is 5.88. The molecule has 0 aromatic heterocycles. The van der Waals surface area contributed by atoms with E-state index in [1.54, 1.807) is 6.08 Å². The lowest BCUT2D eigenvalue weighted by molar-refractivity contribution is -0.181.